The van der Waals surface area contributed by atoms with Crippen molar-refractivity contribution >= 4 is 5.91 Å². The summed E-state index contributed by atoms with van der Waals surface area (Å²) in [6, 6.07) is -0.797. The van der Waals surface area contributed by atoms with Crippen molar-refractivity contribution in [2.24, 2.45) is 0 Å². The third-order valence-corrected chi connectivity index (χ3v) is 6.76. The summed E-state index contributed by atoms with van der Waals surface area (Å²) in [6.07, 6.45) is 37.9. The van der Waals surface area contributed by atoms with Gasteiger partial charge in [0, 0.05) is 0 Å². The molecule has 0 spiro atoms. The molecule has 0 radical (unpaired) electrons. The Bertz CT molecular complexity index is 710. The van der Waals surface area contributed by atoms with Crippen LogP contribution in [-0.2, 0) is 4.79 Å². The molecule has 230 valence electrons. The highest BCUT2D eigenvalue weighted by Crippen LogP contribution is 2.08. The van der Waals surface area contributed by atoms with Crippen LogP contribution in [0, 0.1) is 0 Å². The Kier molecular flexibility index (Phi) is 28.6. The number of carbonyl (C=O) groups is 1. The van der Waals surface area contributed by atoms with Crippen molar-refractivity contribution in [3.05, 3.63) is 60.8 Å². The predicted molar refractivity (Wildman–Crippen MR) is 171 cm³/mol. The first-order valence-electron chi connectivity index (χ1n) is 16.1. The number of carbonyl (C=O) groups excluding carboxylic acids is 1. The molecule has 0 saturated carbocycles. The lowest BCUT2D eigenvalue weighted by atomic mass is 10.1. The molecule has 3 unspecified atom stereocenters. The van der Waals surface area contributed by atoms with Crippen LogP contribution in [0.4, 0.5) is 0 Å². The number of amides is 1. The van der Waals surface area contributed by atoms with Gasteiger partial charge in [-0.3, -0.25) is 4.79 Å². The van der Waals surface area contributed by atoms with Crippen LogP contribution in [0.5, 0.6) is 0 Å². The summed E-state index contributed by atoms with van der Waals surface area (Å²) in [5.74, 6) is -0.403. The van der Waals surface area contributed by atoms with E-state index in [1.54, 1.807) is 12.2 Å². The van der Waals surface area contributed by atoms with Gasteiger partial charge in [-0.25, -0.2) is 0 Å². The Morgan fingerprint density at radius 3 is 1.73 bits per heavy atom. The van der Waals surface area contributed by atoms with Crippen LogP contribution >= 0.6 is 0 Å². The minimum atomic E-state index is -0.982. The number of nitrogens with one attached hydrogen (secondary N) is 1. The second-order valence-electron chi connectivity index (χ2n) is 10.7. The summed E-state index contributed by atoms with van der Waals surface area (Å²) in [5.41, 5.74) is 0. The number of hydrogen-bond donors (Lipinski definition) is 4. The van der Waals surface area contributed by atoms with E-state index in [0.717, 1.165) is 38.5 Å². The number of aliphatic hydroxyl groups excluding tert-OH is 3. The molecule has 5 heteroatoms. The van der Waals surface area contributed by atoms with Crippen molar-refractivity contribution in [3.8, 4) is 0 Å². The van der Waals surface area contributed by atoms with Gasteiger partial charge >= 0.3 is 0 Å². The highest BCUT2D eigenvalue weighted by atomic mass is 16.3. The lowest BCUT2D eigenvalue weighted by Crippen LogP contribution is -2.45. The maximum Gasteiger partial charge on any atom is 0.223 e. The summed E-state index contributed by atoms with van der Waals surface area (Å²) < 4.78 is 0. The van der Waals surface area contributed by atoms with E-state index in [4.69, 9.17) is 0 Å². The molecular weight excluding hydrogens is 498 g/mol. The largest absolute Gasteiger partial charge is 0.394 e. The van der Waals surface area contributed by atoms with Gasteiger partial charge < -0.3 is 20.6 Å². The van der Waals surface area contributed by atoms with Crippen LogP contribution in [0.1, 0.15) is 129 Å². The first-order chi connectivity index (χ1) is 19.5. The number of unbranched alkanes of at least 4 members (excludes halogenated alkanes) is 12. The Balaban J connectivity index is 4.02. The van der Waals surface area contributed by atoms with Crippen molar-refractivity contribution in [2.75, 3.05) is 6.61 Å². The number of hydrogen-bond acceptors (Lipinski definition) is 4. The van der Waals surface area contributed by atoms with Crippen LogP contribution in [0.15, 0.2) is 60.8 Å². The van der Waals surface area contributed by atoms with E-state index in [9.17, 15) is 20.1 Å². The molecule has 0 aliphatic rings. The Morgan fingerprint density at radius 2 is 1.12 bits per heavy atom. The Hall–Kier alpha value is -1.95. The number of rotatable bonds is 27. The van der Waals surface area contributed by atoms with E-state index in [1.165, 1.54) is 70.6 Å². The summed E-state index contributed by atoms with van der Waals surface area (Å²) >= 11 is 0. The number of aliphatic hydroxyl groups is 3. The highest BCUT2D eigenvalue weighted by molar-refractivity contribution is 5.77. The fourth-order valence-electron chi connectivity index (χ4n) is 4.25. The van der Waals surface area contributed by atoms with Gasteiger partial charge in [-0.15, -0.1) is 0 Å². The molecule has 1 amide bonds. The van der Waals surface area contributed by atoms with Crippen molar-refractivity contribution in [3.63, 3.8) is 0 Å². The molecule has 3 atom stereocenters. The zero-order valence-corrected chi connectivity index (χ0v) is 25.7. The molecule has 0 aliphatic carbocycles. The van der Waals surface area contributed by atoms with Crippen molar-refractivity contribution in [1.29, 1.82) is 0 Å². The molecule has 40 heavy (non-hydrogen) atoms. The quantitative estimate of drug-likeness (QED) is 0.0606. The van der Waals surface area contributed by atoms with E-state index < -0.39 is 24.2 Å². The van der Waals surface area contributed by atoms with Gasteiger partial charge in [0.1, 0.15) is 0 Å². The maximum atomic E-state index is 12.3. The van der Waals surface area contributed by atoms with Gasteiger partial charge in [-0.1, -0.05) is 126 Å². The second-order valence-corrected chi connectivity index (χ2v) is 10.7. The minimum Gasteiger partial charge on any atom is -0.394 e. The van der Waals surface area contributed by atoms with Crippen LogP contribution in [0.3, 0.4) is 0 Å². The van der Waals surface area contributed by atoms with E-state index in [-0.39, 0.29) is 13.0 Å². The normalized spacial score (nSPS) is 14.8. The molecule has 4 N–H and O–H groups in total. The minimum absolute atomic E-state index is 0.107. The van der Waals surface area contributed by atoms with Gasteiger partial charge in [-0.05, 0) is 57.8 Å². The van der Waals surface area contributed by atoms with Crippen LogP contribution in [-0.4, -0.2) is 46.1 Å². The smallest absolute Gasteiger partial charge is 0.223 e. The van der Waals surface area contributed by atoms with Gasteiger partial charge in [0.25, 0.3) is 0 Å². The monoisotopic (exact) mass is 559 g/mol. The molecule has 0 bridgehead atoms. The van der Waals surface area contributed by atoms with E-state index >= 15 is 0 Å². The van der Waals surface area contributed by atoms with Crippen LogP contribution in [0.25, 0.3) is 0 Å². The number of allylic oxidation sites excluding steroid dienone is 8. The van der Waals surface area contributed by atoms with E-state index in [0.29, 0.717) is 0 Å². The molecule has 0 aliphatic heterocycles. The Labute approximate surface area is 246 Å². The molecule has 0 aromatic rings. The lowest BCUT2D eigenvalue weighted by Gasteiger charge is -2.20. The molecule has 0 heterocycles. The molecule has 0 aromatic carbocycles. The molecule has 5 nitrogen and oxygen atoms in total. The fourth-order valence-corrected chi connectivity index (χ4v) is 4.25. The van der Waals surface area contributed by atoms with Crippen LogP contribution in [0.2, 0.25) is 0 Å². The second kappa shape index (κ2) is 30.0. The molecule has 0 fully saturated rings. The molecular formula is C35H61NO4. The van der Waals surface area contributed by atoms with E-state index in [2.05, 4.69) is 55.6 Å². The first-order valence-corrected chi connectivity index (χ1v) is 16.1. The molecule has 0 aromatic heterocycles. The third kappa shape index (κ3) is 26.3. The topological polar surface area (TPSA) is 89.8 Å². The summed E-state index contributed by atoms with van der Waals surface area (Å²) in [6.45, 7) is 4.09. The standard InChI is InChI=1S/C35H61NO4/c1-3-5-7-9-11-13-15-16-17-19-21-23-25-27-29-34(39)33(31-37)36-35(40)30-32(38)28-26-24-22-20-18-14-12-10-8-6-4-2/h13,15,19-22,26-29,32-34,37-39H,3-12,14,16-18,23-25,30-31H2,1-2H3,(H,36,40)/b15-13+,21-19+,22-20-,28-26-,29-27+. The first kappa shape index (κ1) is 38.0. The molecule has 0 rings (SSSR count). The summed E-state index contributed by atoms with van der Waals surface area (Å²) in [7, 11) is 0. The van der Waals surface area contributed by atoms with Gasteiger partial charge in [0.05, 0.1) is 31.3 Å². The average molecular weight is 560 g/mol. The third-order valence-electron chi connectivity index (χ3n) is 6.76. The predicted octanol–water partition coefficient (Wildman–Crippen LogP) is 8.03. The van der Waals surface area contributed by atoms with Crippen LogP contribution < -0.4 is 5.32 Å². The lowest BCUT2D eigenvalue weighted by molar-refractivity contribution is -0.124. The zero-order valence-electron chi connectivity index (χ0n) is 25.7. The summed E-state index contributed by atoms with van der Waals surface area (Å²) in [5, 5.41) is 32.7. The van der Waals surface area contributed by atoms with Crippen molar-refractivity contribution in [1.82, 2.24) is 5.32 Å². The maximum absolute atomic E-state index is 12.3. The van der Waals surface area contributed by atoms with Crippen molar-refractivity contribution < 1.29 is 20.1 Å². The SMILES string of the molecule is CCCCCC/C=C/CC/C=C/CC/C=C/C(O)C(CO)NC(=O)CC(O)/C=C\C/C=C\CCCCCCCC. The van der Waals surface area contributed by atoms with Crippen molar-refractivity contribution in [2.45, 2.75) is 148 Å². The van der Waals surface area contributed by atoms with Gasteiger partial charge in [-0.2, -0.15) is 0 Å². The zero-order chi connectivity index (χ0) is 29.5. The summed E-state index contributed by atoms with van der Waals surface area (Å²) in [4.78, 5) is 12.3. The van der Waals surface area contributed by atoms with E-state index in [1.807, 2.05) is 12.2 Å². The van der Waals surface area contributed by atoms with Gasteiger partial charge in [0.2, 0.25) is 5.91 Å². The Morgan fingerprint density at radius 1 is 0.625 bits per heavy atom. The fraction of sp³-hybridized carbons (Fsp3) is 0.686. The van der Waals surface area contributed by atoms with Gasteiger partial charge in [0.15, 0.2) is 0 Å². The highest BCUT2D eigenvalue weighted by Gasteiger charge is 2.19. The average Bonchev–Trinajstić information content (AvgIpc) is 2.94. The molecule has 0 saturated heterocycles.